The first-order chi connectivity index (χ1) is 6.24. The average molecular weight is 192 g/mol. The Bertz CT molecular complexity index is 357. The predicted molar refractivity (Wildman–Crippen MR) is 52.6 cm³/mol. The van der Waals surface area contributed by atoms with Gasteiger partial charge in [-0.15, -0.1) is 12.6 Å². The molecule has 1 aromatic rings. The van der Waals surface area contributed by atoms with E-state index in [0.717, 1.165) is 0 Å². The van der Waals surface area contributed by atoms with Gasteiger partial charge in [-0.05, 0) is 12.1 Å². The van der Waals surface area contributed by atoms with Gasteiger partial charge in [0.05, 0.1) is 11.8 Å². The number of rotatable bonds is 2. The number of hydrogen-bond acceptors (Lipinski definition) is 3. The molecular formula is C9H8N2OS. The van der Waals surface area contributed by atoms with Crippen molar-refractivity contribution in [3.63, 3.8) is 0 Å². The second-order valence-electron chi connectivity index (χ2n) is 2.40. The zero-order valence-corrected chi connectivity index (χ0v) is 7.71. The third-order valence-electron chi connectivity index (χ3n) is 1.42. The van der Waals surface area contributed by atoms with E-state index in [1.54, 1.807) is 24.3 Å². The number of nitrogens with one attached hydrogen (secondary N) is 1. The number of para-hydroxylation sites is 1. The lowest BCUT2D eigenvalue weighted by molar-refractivity contribution is -0.115. The van der Waals surface area contributed by atoms with Crippen LogP contribution < -0.4 is 5.32 Å². The molecule has 13 heavy (non-hydrogen) atoms. The summed E-state index contributed by atoms with van der Waals surface area (Å²) in [6, 6.07) is 8.89. The van der Waals surface area contributed by atoms with Gasteiger partial charge in [0.2, 0.25) is 5.91 Å². The van der Waals surface area contributed by atoms with E-state index in [1.807, 2.05) is 6.07 Å². The van der Waals surface area contributed by atoms with Crippen molar-refractivity contribution in [2.24, 2.45) is 0 Å². The molecule has 0 radical (unpaired) electrons. The van der Waals surface area contributed by atoms with E-state index in [1.165, 1.54) is 0 Å². The van der Waals surface area contributed by atoms with Gasteiger partial charge >= 0.3 is 0 Å². The molecule has 1 amide bonds. The van der Waals surface area contributed by atoms with Gasteiger partial charge in [0.15, 0.2) is 0 Å². The number of nitriles is 1. The first kappa shape index (κ1) is 9.62. The first-order valence-electron chi connectivity index (χ1n) is 3.69. The van der Waals surface area contributed by atoms with Gasteiger partial charge in [-0.3, -0.25) is 4.79 Å². The summed E-state index contributed by atoms with van der Waals surface area (Å²) in [6.45, 7) is 0. The number of carbonyl (C=O) groups is 1. The highest BCUT2D eigenvalue weighted by Crippen LogP contribution is 2.18. The lowest BCUT2D eigenvalue weighted by atomic mass is 10.3. The van der Waals surface area contributed by atoms with Crippen molar-refractivity contribution >= 4 is 24.2 Å². The lowest BCUT2D eigenvalue weighted by Crippen LogP contribution is -2.10. The van der Waals surface area contributed by atoms with Crippen molar-refractivity contribution in [1.29, 1.82) is 5.26 Å². The molecule has 0 bridgehead atoms. The van der Waals surface area contributed by atoms with E-state index in [0.29, 0.717) is 10.6 Å². The minimum atomic E-state index is -0.316. The van der Waals surface area contributed by atoms with Gasteiger partial charge in [-0.1, -0.05) is 12.1 Å². The Morgan fingerprint density at radius 2 is 2.23 bits per heavy atom. The number of thiol groups is 1. The molecule has 0 atom stereocenters. The summed E-state index contributed by atoms with van der Waals surface area (Å²) < 4.78 is 0. The predicted octanol–water partition coefficient (Wildman–Crippen LogP) is 1.83. The van der Waals surface area contributed by atoms with Crippen molar-refractivity contribution in [3.05, 3.63) is 24.3 Å². The van der Waals surface area contributed by atoms with Crippen LogP contribution in [0.2, 0.25) is 0 Å². The monoisotopic (exact) mass is 192 g/mol. The van der Waals surface area contributed by atoms with Crippen LogP contribution in [-0.2, 0) is 4.79 Å². The summed E-state index contributed by atoms with van der Waals surface area (Å²) in [5, 5.41) is 10.8. The van der Waals surface area contributed by atoms with E-state index in [9.17, 15) is 4.79 Å². The quantitative estimate of drug-likeness (QED) is 0.702. The Morgan fingerprint density at radius 3 is 2.85 bits per heavy atom. The maximum Gasteiger partial charge on any atom is 0.238 e. The van der Waals surface area contributed by atoms with E-state index in [4.69, 9.17) is 5.26 Å². The average Bonchev–Trinajstić information content (AvgIpc) is 2.09. The van der Waals surface area contributed by atoms with Gasteiger partial charge in [-0.25, -0.2) is 0 Å². The Kier molecular flexibility index (Phi) is 3.35. The molecule has 0 fully saturated rings. The molecule has 4 heteroatoms. The fraction of sp³-hybridized carbons (Fsp3) is 0.111. The van der Waals surface area contributed by atoms with Crippen molar-refractivity contribution < 1.29 is 4.79 Å². The molecule has 0 aliphatic rings. The van der Waals surface area contributed by atoms with Crippen molar-refractivity contribution in [3.8, 4) is 6.07 Å². The highest BCUT2D eigenvalue weighted by Gasteiger charge is 2.02. The van der Waals surface area contributed by atoms with Crippen LogP contribution in [0.1, 0.15) is 6.42 Å². The van der Waals surface area contributed by atoms with Crippen molar-refractivity contribution in [2.75, 3.05) is 5.32 Å². The largest absolute Gasteiger partial charge is 0.324 e. The molecule has 1 aromatic carbocycles. The Labute approximate surface area is 81.8 Å². The maximum atomic E-state index is 11.0. The van der Waals surface area contributed by atoms with Gasteiger partial charge in [0.1, 0.15) is 6.42 Å². The second kappa shape index (κ2) is 4.53. The van der Waals surface area contributed by atoms with Crippen LogP contribution in [0.25, 0.3) is 0 Å². The van der Waals surface area contributed by atoms with Crippen LogP contribution in [0.15, 0.2) is 29.2 Å². The molecular weight excluding hydrogens is 184 g/mol. The molecule has 0 spiro atoms. The smallest absolute Gasteiger partial charge is 0.238 e. The Hall–Kier alpha value is -1.47. The summed E-state index contributed by atoms with van der Waals surface area (Å²) in [4.78, 5) is 11.7. The number of carbonyl (C=O) groups excluding carboxylic acids is 1. The first-order valence-corrected chi connectivity index (χ1v) is 4.13. The highest BCUT2D eigenvalue weighted by atomic mass is 32.1. The van der Waals surface area contributed by atoms with Crippen molar-refractivity contribution in [2.45, 2.75) is 11.3 Å². The molecule has 0 heterocycles. The summed E-state index contributed by atoms with van der Waals surface area (Å²) in [5.41, 5.74) is 0.631. The SMILES string of the molecule is N#CCC(=O)Nc1ccccc1S. The van der Waals surface area contributed by atoms with Gasteiger partial charge < -0.3 is 5.32 Å². The molecule has 66 valence electrons. The maximum absolute atomic E-state index is 11.0. The van der Waals surface area contributed by atoms with Gasteiger partial charge in [0, 0.05) is 4.90 Å². The summed E-state index contributed by atoms with van der Waals surface area (Å²) in [7, 11) is 0. The zero-order valence-electron chi connectivity index (χ0n) is 6.82. The third kappa shape index (κ3) is 2.80. The van der Waals surface area contributed by atoms with Crippen LogP contribution >= 0.6 is 12.6 Å². The van der Waals surface area contributed by atoms with Crippen LogP contribution in [0.5, 0.6) is 0 Å². The van der Waals surface area contributed by atoms with Crippen molar-refractivity contribution in [1.82, 2.24) is 0 Å². The molecule has 1 N–H and O–H groups in total. The highest BCUT2D eigenvalue weighted by molar-refractivity contribution is 7.80. The molecule has 0 saturated heterocycles. The second-order valence-corrected chi connectivity index (χ2v) is 2.88. The number of benzene rings is 1. The van der Waals surface area contributed by atoms with Gasteiger partial charge in [-0.2, -0.15) is 5.26 Å². The standard InChI is InChI=1S/C9H8N2OS/c10-6-5-9(12)11-7-3-1-2-4-8(7)13/h1-4,13H,5H2,(H,11,12). The van der Waals surface area contributed by atoms with Crippen LogP contribution in [-0.4, -0.2) is 5.91 Å². The Morgan fingerprint density at radius 1 is 1.54 bits per heavy atom. The number of nitrogens with zero attached hydrogens (tertiary/aromatic N) is 1. The van der Waals surface area contributed by atoms with Gasteiger partial charge in [0.25, 0.3) is 0 Å². The summed E-state index contributed by atoms with van der Waals surface area (Å²) in [6.07, 6.45) is -0.137. The molecule has 0 saturated carbocycles. The zero-order chi connectivity index (χ0) is 9.68. The number of anilines is 1. The normalized spacial score (nSPS) is 8.92. The molecule has 1 rings (SSSR count). The molecule has 0 aromatic heterocycles. The molecule has 3 nitrogen and oxygen atoms in total. The fourth-order valence-corrected chi connectivity index (χ4v) is 1.06. The summed E-state index contributed by atoms with van der Waals surface area (Å²) in [5.74, 6) is -0.316. The lowest BCUT2D eigenvalue weighted by Gasteiger charge is -2.04. The topological polar surface area (TPSA) is 52.9 Å². The molecule has 0 aliphatic carbocycles. The van der Waals surface area contributed by atoms with E-state index in [2.05, 4.69) is 17.9 Å². The van der Waals surface area contributed by atoms with Crippen LogP contribution in [0, 0.1) is 11.3 Å². The number of amides is 1. The van der Waals surface area contributed by atoms with Crippen LogP contribution in [0.3, 0.4) is 0 Å². The molecule has 0 unspecified atom stereocenters. The fourth-order valence-electron chi connectivity index (χ4n) is 0.846. The molecule has 0 aliphatic heterocycles. The minimum Gasteiger partial charge on any atom is -0.324 e. The summed E-state index contributed by atoms with van der Waals surface area (Å²) >= 11 is 4.14. The van der Waals surface area contributed by atoms with E-state index < -0.39 is 0 Å². The van der Waals surface area contributed by atoms with Crippen LogP contribution in [0.4, 0.5) is 5.69 Å². The number of hydrogen-bond donors (Lipinski definition) is 2. The van der Waals surface area contributed by atoms with E-state index in [-0.39, 0.29) is 12.3 Å². The van der Waals surface area contributed by atoms with E-state index >= 15 is 0 Å². The minimum absolute atomic E-state index is 0.137. The third-order valence-corrected chi connectivity index (χ3v) is 1.81. The Balaban J connectivity index is 2.70.